The number of nitrogens with zero attached hydrogens (tertiary/aromatic N) is 3. The van der Waals surface area contributed by atoms with Gasteiger partial charge in [-0.1, -0.05) is 15.9 Å². The Hall–Kier alpha value is -2.42. The minimum Gasteiger partial charge on any atom is -0.444 e. The summed E-state index contributed by atoms with van der Waals surface area (Å²) in [5, 5.41) is 2.69. The summed E-state index contributed by atoms with van der Waals surface area (Å²) in [6.45, 7) is 5.48. The van der Waals surface area contributed by atoms with Crippen molar-refractivity contribution in [1.82, 2.24) is 19.8 Å². The maximum absolute atomic E-state index is 14.6. The highest BCUT2D eigenvalue weighted by atomic mass is 79.9. The molecule has 0 aliphatic carbocycles. The van der Waals surface area contributed by atoms with Gasteiger partial charge in [0, 0.05) is 22.9 Å². The first-order valence-electron chi connectivity index (χ1n) is 9.35. The molecule has 1 aliphatic rings. The summed E-state index contributed by atoms with van der Waals surface area (Å²) in [5.74, 6) is -0.445. The van der Waals surface area contributed by atoms with E-state index in [-0.39, 0.29) is 12.2 Å². The summed E-state index contributed by atoms with van der Waals surface area (Å²) < 4.78 is 22.5. The lowest BCUT2D eigenvalue weighted by molar-refractivity contribution is 0.00970. The standard InChI is InChI=1S/C20H24BrFN4O3/c1-20(2,3)29-19(28)25-9-8-16(15(22)10-25)24-18(27)17-11-26(12-23-17)14-6-4-13(21)5-7-14/h4-7,11-12,15-16H,8-10H2,1-3H3,(H,24,27). The number of rotatable bonds is 3. The lowest BCUT2D eigenvalue weighted by Crippen LogP contribution is -2.54. The Morgan fingerprint density at radius 1 is 1.28 bits per heavy atom. The van der Waals surface area contributed by atoms with Crippen LogP contribution in [0, 0.1) is 0 Å². The molecule has 2 heterocycles. The number of ether oxygens (including phenoxy) is 1. The highest BCUT2D eigenvalue weighted by Crippen LogP contribution is 2.19. The Morgan fingerprint density at radius 2 is 1.97 bits per heavy atom. The van der Waals surface area contributed by atoms with Crippen molar-refractivity contribution in [3.8, 4) is 5.69 Å². The topological polar surface area (TPSA) is 76.5 Å². The highest BCUT2D eigenvalue weighted by Gasteiger charge is 2.34. The van der Waals surface area contributed by atoms with E-state index in [1.54, 1.807) is 31.5 Å². The van der Waals surface area contributed by atoms with Crippen molar-refractivity contribution >= 4 is 27.9 Å². The number of carbonyl (C=O) groups excluding carboxylic acids is 2. The molecule has 1 aromatic heterocycles. The SMILES string of the molecule is CC(C)(C)OC(=O)N1CCC(NC(=O)c2cn(-c3ccc(Br)cc3)cn2)C(F)C1. The monoisotopic (exact) mass is 466 g/mol. The summed E-state index contributed by atoms with van der Waals surface area (Å²) >= 11 is 3.38. The number of aromatic nitrogens is 2. The Balaban J connectivity index is 1.58. The van der Waals surface area contributed by atoms with Gasteiger partial charge in [0.2, 0.25) is 0 Å². The van der Waals surface area contributed by atoms with Crippen LogP contribution in [0.2, 0.25) is 0 Å². The van der Waals surface area contributed by atoms with Gasteiger partial charge in [-0.05, 0) is 51.5 Å². The van der Waals surface area contributed by atoms with Crippen molar-refractivity contribution in [3.05, 3.63) is 47.0 Å². The first-order chi connectivity index (χ1) is 13.6. The van der Waals surface area contributed by atoms with Crippen LogP contribution in [0.25, 0.3) is 5.69 Å². The number of alkyl halides is 1. The fraction of sp³-hybridized carbons (Fsp3) is 0.450. The zero-order chi connectivity index (χ0) is 21.2. The Bertz CT molecular complexity index is 879. The number of hydrogen-bond donors (Lipinski definition) is 1. The maximum atomic E-state index is 14.6. The number of piperidine rings is 1. The zero-order valence-corrected chi connectivity index (χ0v) is 18.1. The van der Waals surface area contributed by atoms with Gasteiger partial charge in [0.25, 0.3) is 5.91 Å². The molecule has 2 aromatic rings. The maximum Gasteiger partial charge on any atom is 0.410 e. The predicted molar refractivity (Wildman–Crippen MR) is 110 cm³/mol. The van der Waals surface area contributed by atoms with Gasteiger partial charge in [-0.3, -0.25) is 4.79 Å². The molecule has 29 heavy (non-hydrogen) atoms. The predicted octanol–water partition coefficient (Wildman–Crippen LogP) is 3.71. The van der Waals surface area contributed by atoms with Crippen LogP contribution in [0.4, 0.5) is 9.18 Å². The number of imidazole rings is 1. The molecule has 2 unspecified atom stereocenters. The van der Waals surface area contributed by atoms with Crippen molar-refractivity contribution < 1.29 is 18.7 Å². The second-order valence-electron chi connectivity index (χ2n) is 7.95. The first-order valence-corrected chi connectivity index (χ1v) is 10.1. The molecule has 0 spiro atoms. The Morgan fingerprint density at radius 3 is 2.59 bits per heavy atom. The summed E-state index contributed by atoms with van der Waals surface area (Å²) in [4.78, 5) is 30.1. The summed E-state index contributed by atoms with van der Waals surface area (Å²) in [6.07, 6.45) is 1.52. The number of hydrogen-bond acceptors (Lipinski definition) is 4. The molecule has 2 amide bonds. The third-order valence-electron chi connectivity index (χ3n) is 4.45. The molecule has 1 aromatic carbocycles. The second-order valence-corrected chi connectivity index (χ2v) is 8.87. The molecule has 1 N–H and O–H groups in total. The number of halogens is 2. The lowest BCUT2D eigenvalue weighted by Gasteiger charge is -2.35. The minimum absolute atomic E-state index is 0.118. The van der Waals surface area contributed by atoms with E-state index in [0.717, 1.165) is 10.2 Å². The van der Waals surface area contributed by atoms with Crippen molar-refractivity contribution in [2.75, 3.05) is 13.1 Å². The number of carbonyl (C=O) groups is 2. The third kappa shape index (κ3) is 5.56. The van der Waals surface area contributed by atoms with Crippen LogP contribution < -0.4 is 5.32 Å². The summed E-state index contributed by atoms with van der Waals surface area (Å²) in [6, 6.07) is 6.87. The van der Waals surface area contributed by atoms with Crippen molar-refractivity contribution in [2.24, 2.45) is 0 Å². The molecule has 156 valence electrons. The van der Waals surface area contributed by atoms with Crippen molar-refractivity contribution in [3.63, 3.8) is 0 Å². The van der Waals surface area contributed by atoms with Crippen LogP contribution >= 0.6 is 15.9 Å². The Kier molecular flexibility index (Phi) is 6.26. The minimum atomic E-state index is -1.38. The van der Waals surface area contributed by atoms with E-state index in [9.17, 15) is 14.0 Å². The third-order valence-corrected chi connectivity index (χ3v) is 4.98. The average molecular weight is 467 g/mol. The number of amides is 2. The van der Waals surface area contributed by atoms with Crippen LogP contribution in [0.15, 0.2) is 41.3 Å². The van der Waals surface area contributed by atoms with Gasteiger partial charge in [-0.15, -0.1) is 0 Å². The van der Waals surface area contributed by atoms with E-state index in [2.05, 4.69) is 26.2 Å². The average Bonchev–Trinajstić information content (AvgIpc) is 3.12. The van der Waals surface area contributed by atoms with E-state index in [0.29, 0.717) is 13.0 Å². The molecule has 3 rings (SSSR count). The van der Waals surface area contributed by atoms with Gasteiger partial charge < -0.3 is 19.5 Å². The van der Waals surface area contributed by atoms with E-state index >= 15 is 0 Å². The van der Waals surface area contributed by atoms with E-state index in [1.165, 1.54) is 11.2 Å². The molecule has 1 aliphatic heterocycles. The number of nitrogens with one attached hydrogen (secondary N) is 1. The molecule has 7 nitrogen and oxygen atoms in total. The van der Waals surface area contributed by atoms with Gasteiger partial charge in [0.15, 0.2) is 0 Å². The smallest absolute Gasteiger partial charge is 0.410 e. The van der Waals surface area contributed by atoms with Gasteiger partial charge in [0.05, 0.1) is 12.6 Å². The summed E-state index contributed by atoms with van der Waals surface area (Å²) in [7, 11) is 0. The molecule has 1 fully saturated rings. The molecule has 1 saturated heterocycles. The fourth-order valence-electron chi connectivity index (χ4n) is 3.00. The quantitative estimate of drug-likeness (QED) is 0.747. The number of likely N-dealkylation sites (tertiary alicyclic amines) is 1. The summed E-state index contributed by atoms with van der Waals surface area (Å²) in [5.41, 5.74) is 0.421. The van der Waals surface area contributed by atoms with Crippen LogP contribution in [0.3, 0.4) is 0 Å². The Labute approximate surface area is 177 Å². The largest absolute Gasteiger partial charge is 0.444 e. The van der Waals surface area contributed by atoms with Crippen molar-refractivity contribution in [1.29, 1.82) is 0 Å². The number of benzene rings is 1. The van der Waals surface area contributed by atoms with Crippen LogP contribution in [-0.2, 0) is 4.74 Å². The molecule has 9 heteroatoms. The highest BCUT2D eigenvalue weighted by molar-refractivity contribution is 9.10. The van der Waals surface area contributed by atoms with Crippen LogP contribution in [-0.4, -0.2) is 57.4 Å². The van der Waals surface area contributed by atoms with Gasteiger partial charge in [-0.2, -0.15) is 0 Å². The van der Waals surface area contributed by atoms with Crippen molar-refractivity contribution in [2.45, 2.75) is 45.0 Å². The zero-order valence-electron chi connectivity index (χ0n) is 16.6. The van der Waals surface area contributed by atoms with E-state index < -0.39 is 29.8 Å². The second kappa shape index (κ2) is 8.52. The fourth-order valence-corrected chi connectivity index (χ4v) is 3.26. The molecule has 0 saturated carbocycles. The molecule has 0 bridgehead atoms. The molecular formula is C20H24BrFN4O3. The van der Waals surface area contributed by atoms with Crippen LogP contribution in [0.1, 0.15) is 37.7 Å². The van der Waals surface area contributed by atoms with Crippen LogP contribution in [0.5, 0.6) is 0 Å². The van der Waals surface area contributed by atoms with E-state index in [4.69, 9.17) is 4.74 Å². The van der Waals surface area contributed by atoms with Gasteiger partial charge in [-0.25, -0.2) is 14.2 Å². The normalized spacial score (nSPS) is 19.7. The van der Waals surface area contributed by atoms with Gasteiger partial charge in [0.1, 0.15) is 23.8 Å². The molecular weight excluding hydrogens is 443 g/mol. The van der Waals surface area contributed by atoms with E-state index in [1.807, 2.05) is 24.3 Å². The lowest BCUT2D eigenvalue weighted by atomic mass is 10.0. The molecule has 2 atom stereocenters. The first kappa shape index (κ1) is 21.3. The molecule has 0 radical (unpaired) electrons. The van der Waals surface area contributed by atoms with Gasteiger partial charge >= 0.3 is 6.09 Å².